The van der Waals surface area contributed by atoms with E-state index >= 15 is 0 Å². The van der Waals surface area contributed by atoms with E-state index in [1.165, 1.54) is 22.1 Å². The zero-order valence-corrected chi connectivity index (χ0v) is 21.8. The van der Waals surface area contributed by atoms with E-state index in [9.17, 15) is 19.2 Å². The summed E-state index contributed by atoms with van der Waals surface area (Å²) in [6, 6.07) is 8.63. The highest BCUT2D eigenvalue weighted by molar-refractivity contribution is 6.06. The molecule has 1 aromatic carbocycles. The van der Waals surface area contributed by atoms with Crippen molar-refractivity contribution in [3.8, 4) is 0 Å². The molecule has 0 aliphatic carbocycles. The minimum atomic E-state index is -0.672. The van der Waals surface area contributed by atoms with Crippen LogP contribution in [0.5, 0.6) is 0 Å². The molecule has 0 radical (unpaired) electrons. The molecular weight excluding hydrogens is 494 g/mol. The summed E-state index contributed by atoms with van der Waals surface area (Å²) in [5.41, 5.74) is 0.394. The second-order valence-corrected chi connectivity index (χ2v) is 9.14. The maximum absolute atomic E-state index is 13.2. The molecule has 38 heavy (non-hydrogen) atoms. The number of alkyl carbamates (subject to hydrolysis) is 1. The summed E-state index contributed by atoms with van der Waals surface area (Å²) in [5.74, 6) is -1.19. The van der Waals surface area contributed by atoms with Crippen LogP contribution in [0.4, 0.5) is 10.6 Å². The molecule has 0 aliphatic heterocycles. The Hall–Kier alpha value is -4.55. The number of fused-ring (bicyclic) bond motifs is 1. The number of esters is 1. The van der Waals surface area contributed by atoms with Crippen molar-refractivity contribution in [1.29, 1.82) is 0 Å². The number of anilines is 1. The lowest BCUT2D eigenvalue weighted by Crippen LogP contribution is -2.43. The van der Waals surface area contributed by atoms with Gasteiger partial charge in [0.2, 0.25) is 5.91 Å². The van der Waals surface area contributed by atoms with Gasteiger partial charge in [-0.2, -0.15) is 0 Å². The molecule has 3 aromatic rings. The lowest BCUT2D eigenvalue weighted by molar-refractivity contribution is -0.149. The van der Waals surface area contributed by atoms with Gasteiger partial charge in [-0.1, -0.05) is 18.2 Å². The van der Waals surface area contributed by atoms with Gasteiger partial charge >= 0.3 is 12.1 Å². The van der Waals surface area contributed by atoms with Gasteiger partial charge in [0, 0.05) is 18.7 Å². The fourth-order valence-electron chi connectivity index (χ4n) is 3.36. The predicted octanol–water partition coefficient (Wildman–Crippen LogP) is 2.00. The number of aromatic nitrogens is 4. The van der Waals surface area contributed by atoms with Crippen molar-refractivity contribution in [1.82, 2.24) is 29.7 Å². The van der Waals surface area contributed by atoms with Crippen LogP contribution in [0.1, 0.15) is 38.1 Å². The number of hydrogen-bond donors (Lipinski definition) is 2. The Morgan fingerprint density at radius 3 is 2.47 bits per heavy atom. The number of benzene rings is 1. The molecule has 0 saturated heterocycles. The van der Waals surface area contributed by atoms with Crippen molar-refractivity contribution in [3.05, 3.63) is 48.5 Å². The Morgan fingerprint density at radius 1 is 1.05 bits per heavy atom. The molecule has 0 atom stereocenters. The van der Waals surface area contributed by atoms with Crippen LogP contribution in [0.15, 0.2) is 43.0 Å². The largest absolute Gasteiger partial charge is 0.465 e. The van der Waals surface area contributed by atoms with E-state index in [1.807, 2.05) is 0 Å². The average molecular weight is 526 g/mol. The minimum absolute atomic E-state index is 0.0386. The minimum Gasteiger partial charge on any atom is -0.465 e. The topological polar surface area (TPSA) is 158 Å². The molecule has 2 heterocycles. The van der Waals surface area contributed by atoms with Crippen LogP contribution in [0.25, 0.3) is 11.2 Å². The van der Waals surface area contributed by atoms with E-state index in [0.29, 0.717) is 16.7 Å². The van der Waals surface area contributed by atoms with Crippen LogP contribution in [0.3, 0.4) is 0 Å². The number of nitrogens with zero attached hydrogens (tertiary/aromatic N) is 5. The van der Waals surface area contributed by atoms with Crippen molar-refractivity contribution in [2.45, 2.75) is 39.8 Å². The maximum atomic E-state index is 13.2. The van der Waals surface area contributed by atoms with Crippen LogP contribution in [0.2, 0.25) is 0 Å². The first kappa shape index (κ1) is 28.0. The molecule has 2 N–H and O–H groups in total. The number of nitrogens with one attached hydrogen (secondary N) is 2. The van der Waals surface area contributed by atoms with Crippen LogP contribution in [-0.2, 0) is 25.6 Å². The second-order valence-electron chi connectivity index (χ2n) is 9.14. The van der Waals surface area contributed by atoms with Gasteiger partial charge in [-0.3, -0.25) is 14.4 Å². The fraction of sp³-hybridized carbons (Fsp3) is 0.400. The molecule has 3 amide bonds. The zero-order chi connectivity index (χ0) is 27.7. The third-order valence-corrected chi connectivity index (χ3v) is 5.00. The smallest absolute Gasteiger partial charge is 0.407 e. The van der Waals surface area contributed by atoms with Gasteiger partial charge in [-0.05, 0) is 39.8 Å². The Morgan fingerprint density at radius 2 is 1.79 bits per heavy atom. The van der Waals surface area contributed by atoms with Gasteiger partial charge < -0.3 is 29.6 Å². The van der Waals surface area contributed by atoms with E-state index in [0.717, 1.165) is 0 Å². The van der Waals surface area contributed by atoms with Gasteiger partial charge in [-0.25, -0.2) is 19.7 Å². The SMILES string of the molecule is CCOC(=O)CN(CCNC(=O)OC(C)(C)C)C(=O)Cn1cnc2c(NC(=O)c3ccccc3)ncnc21. The van der Waals surface area contributed by atoms with Gasteiger partial charge in [0.15, 0.2) is 17.0 Å². The lowest BCUT2D eigenvalue weighted by atomic mass is 10.2. The molecule has 13 nitrogen and oxygen atoms in total. The van der Waals surface area contributed by atoms with E-state index in [1.54, 1.807) is 58.0 Å². The molecule has 0 saturated carbocycles. The average Bonchev–Trinajstić information content (AvgIpc) is 3.26. The summed E-state index contributed by atoms with van der Waals surface area (Å²) in [6.45, 7) is 6.63. The highest BCUT2D eigenvalue weighted by Crippen LogP contribution is 2.18. The molecule has 0 aliphatic rings. The quantitative estimate of drug-likeness (QED) is 0.378. The van der Waals surface area contributed by atoms with Crippen molar-refractivity contribution >= 4 is 40.9 Å². The lowest BCUT2D eigenvalue weighted by Gasteiger charge is -2.23. The monoisotopic (exact) mass is 525 g/mol. The van der Waals surface area contributed by atoms with Gasteiger partial charge in [0.25, 0.3) is 5.91 Å². The number of hydrogen-bond acceptors (Lipinski definition) is 9. The van der Waals surface area contributed by atoms with E-state index in [4.69, 9.17) is 9.47 Å². The number of ether oxygens (including phenoxy) is 2. The molecule has 0 bridgehead atoms. The third-order valence-electron chi connectivity index (χ3n) is 5.00. The van der Waals surface area contributed by atoms with Crippen LogP contribution in [0, 0.1) is 0 Å². The number of rotatable bonds is 10. The third kappa shape index (κ3) is 7.98. The number of carbonyl (C=O) groups excluding carboxylic acids is 4. The fourth-order valence-corrected chi connectivity index (χ4v) is 3.36. The summed E-state index contributed by atoms with van der Waals surface area (Å²) in [7, 11) is 0. The van der Waals surface area contributed by atoms with Crippen molar-refractivity contribution in [3.63, 3.8) is 0 Å². The number of amides is 3. The molecule has 2 aromatic heterocycles. The van der Waals surface area contributed by atoms with Crippen LogP contribution >= 0.6 is 0 Å². The van der Waals surface area contributed by atoms with Crippen molar-refractivity contribution < 1.29 is 28.7 Å². The zero-order valence-electron chi connectivity index (χ0n) is 21.8. The summed E-state index contributed by atoms with van der Waals surface area (Å²) >= 11 is 0. The van der Waals surface area contributed by atoms with Gasteiger partial charge in [-0.15, -0.1) is 0 Å². The van der Waals surface area contributed by atoms with E-state index < -0.39 is 23.6 Å². The van der Waals surface area contributed by atoms with Crippen LogP contribution in [-0.4, -0.2) is 80.1 Å². The highest BCUT2D eigenvalue weighted by atomic mass is 16.6. The molecule has 0 fully saturated rings. The standard InChI is InChI=1S/C25H31N7O6/c1-5-37-19(34)14-31(12-11-26-24(36)38-25(2,3)4)18(33)13-32-16-29-20-21(27-15-28-22(20)32)30-23(35)17-9-7-6-8-10-17/h6-10,15-16H,5,11-14H2,1-4H3,(H,26,36)(H,27,28,30,35). The molecule has 0 unspecified atom stereocenters. The first-order valence-corrected chi connectivity index (χ1v) is 12.0. The Balaban J connectivity index is 1.71. The second kappa shape index (κ2) is 12.6. The van der Waals surface area contributed by atoms with Gasteiger partial charge in [0.1, 0.15) is 25.0 Å². The Labute approximate surface area is 219 Å². The highest BCUT2D eigenvalue weighted by Gasteiger charge is 2.22. The first-order valence-electron chi connectivity index (χ1n) is 12.0. The maximum Gasteiger partial charge on any atom is 0.407 e. The molecule has 3 rings (SSSR count). The molecule has 13 heteroatoms. The molecule has 0 spiro atoms. The normalized spacial score (nSPS) is 11.1. The summed E-state index contributed by atoms with van der Waals surface area (Å²) in [6.07, 6.45) is 2.02. The predicted molar refractivity (Wildman–Crippen MR) is 137 cm³/mol. The van der Waals surface area contributed by atoms with E-state index in [-0.39, 0.29) is 44.5 Å². The van der Waals surface area contributed by atoms with Crippen LogP contribution < -0.4 is 10.6 Å². The van der Waals surface area contributed by atoms with Crippen molar-refractivity contribution in [2.75, 3.05) is 31.6 Å². The summed E-state index contributed by atoms with van der Waals surface area (Å²) in [4.78, 5) is 63.6. The number of carbonyl (C=O) groups is 4. The Kier molecular flexibility index (Phi) is 9.30. The van der Waals surface area contributed by atoms with E-state index in [2.05, 4.69) is 25.6 Å². The Bertz CT molecular complexity index is 1290. The van der Waals surface area contributed by atoms with Crippen molar-refractivity contribution in [2.24, 2.45) is 0 Å². The number of imidazole rings is 1. The first-order chi connectivity index (χ1) is 18.1. The molecular formula is C25H31N7O6. The summed E-state index contributed by atoms with van der Waals surface area (Å²) in [5, 5.41) is 5.28. The van der Waals surface area contributed by atoms with Gasteiger partial charge in [0.05, 0.1) is 12.9 Å². The molecule has 202 valence electrons. The summed E-state index contributed by atoms with van der Waals surface area (Å²) < 4.78 is 11.7.